The van der Waals surface area contributed by atoms with Crippen LogP contribution >= 0.6 is 15.9 Å². The Kier molecular flexibility index (Phi) is 3.93. The highest BCUT2D eigenvalue weighted by Crippen LogP contribution is 2.16. The Hall–Kier alpha value is -1.89. The maximum Gasteiger partial charge on any atom is 0.328 e. The van der Waals surface area contributed by atoms with Gasteiger partial charge in [-0.25, -0.2) is 9.67 Å². The number of hydrogen-bond donors (Lipinski definition) is 1. The molecule has 1 aromatic heterocycles. The molecule has 0 saturated heterocycles. The number of ether oxygens (including phenoxy) is 1. The first-order valence-electron chi connectivity index (χ1n) is 5.19. The van der Waals surface area contributed by atoms with Crippen LogP contribution in [0.15, 0.2) is 35.1 Å². The summed E-state index contributed by atoms with van der Waals surface area (Å²) in [7, 11) is 0. The Labute approximate surface area is 112 Å². The van der Waals surface area contributed by atoms with Crippen LogP contribution in [-0.4, -0.2) is 20.7 Å². The van der Waals surface area contributed by atoms with E-state index in [0.29, 0.717) is 0 Å². The van der Waals surface area contributed by atoms with E-state index in [9.17, 15) is 4.79 Å². The van der Waals surface area contributed by atoms with Gasteiger partial charge in [-0.05, 0) is 6.07 Å². The topological polar surface area (TPSA) is 83.0 Å². The Morgan fingerprint density at radius 2 is 2.22 bits per heavy atom. The van der Waals surface area contributed by atoms with E-state index in [2.05, 4.69) is 26.0 Å². The van der Waals surface area contributed by atoms with Gasteiger partial charge in [-0.3, -0.25) is 4.79 Å². The van der Waals surface area contributed by atoms with Gasteiger partial charge in [-0.15, -0.1) is 5.10 Å². The van der Waals surface area contributed by atoms with Gasteiger partial charge in [0.25, 0.3) is 0 Å². The van der Waals surface area contributed by atoms with Crippen molar-refractivity contribution in [2.24, 2.45) is 0 Å². The van der Waals surface area contributed by atoms with Crippen molar-refractivity contribution in [1.29, 1.82) is 0 Å². The molecule has 0 aliphatic carbocycles. The fourth-order valence-electron chi connectivity index (χ4n) is 1.34. The maximum absolute atomic E-state index is 11.5. The molecule has 0 fully saturated rings. The molecule has 2 rings (SSSR count). The quantitative estimate of drug-likeness (QED) is 0.862. The molecule has 0 amide bonds. The van der Waals surface area contributed by atoms with Crippen molar-refractivity contribution in [2.45, 2.75) is 13.2 Å². The van der Waals surface area contributed by atoms with Gasteiger partial charge >= 0.3 is 5.97 Å². The van der Waals surface area contributed by atoms with Gasteiger partial charge in [0.2, 0.25) is 5.95 Å². The van der Waals surface area contributed by atoms with Crippen LogP contribution in [0.1, 0.15) is 5.56 Å². The summed E-state index contributed by atoms with van der Waals surface area (Å²) in [6, 6.07) is 7.55. The minimum Gasteiger partial charge on any atom is -0.459 e. The van der Waals surface area contributed by atoms with E-state index in [1.165, 1.54) is 11.0 Å². The zero-order valence-corrected chi connectivity index (χ0v) is 11.0. The summed E-state index contributed by atoms with van der Waals surface area (Å²) in [5.41, 5.74) is 6.24. The smallest absolute Gasteiger partial charge is 0.328 e. The van der Waals surface area contributed by atoms with Gasteiger partial charge in [0, 0.05) is 10.0 Å². The zero-order valence-electron chi connectivity index (χ0n) is 9.41. The Morgan fingerprint density at radius 1 is 1.44 bits per heavy atom. The van der Waals surface area contributed by atoms with Gasteiger partial charge < -0.3 is 10.5 Å². The molecule has 0 atom stereocenters. The van der Waals surface area contributed by atoms with Crippen LogP contribution in [0.25, 0.3) is 0 Å². The third-order valence-corrected chi connectivity index (χ3v) is 2.97. The van der Waals surface area contributed by atoms with Gasteiger partial charge in [0.1, 0.15) is 19.5 Å². The van der Waals surface area contributed by atoms with Crippen molar-refractivity contribution in [2.75, 3.05) is 5.73 Å². The summed E-state index contributed by atoms with van der Waals surface area (Å²) in [4.78, 5) is 15.3. The lowest BCUT2D eigenvalue weighted by molar-refractivity contribution is -0.145. The Bertz CT molecular complexity index is 555. The number of halogens is 1. The Balaban J connectivity index is 1.87. The summed E-state index contributed by atoms with van der Waals surface area (Å²) >= 11 is 3.38. The monoisotopic (exact) mass is 310 g/mol. The van der Waals surface area contributed by atoms with Crippen LogP contribution < -0.4 is 5.73 Å². The number of aromatic nitrogens is 3. The lowest BCUT2D eigenvalue weighted by Crippen LogP contribution is -2.14. The van der Waals surface area contributed by atoms with Crippen molar-refractivity contribution in [3.8, 4) is 0 Å². The number of rotatable bonds is 4. The van der Waals surface area contributed by atoms with Gasteiger partial charge in [-0.2, -0.15) is 0 Å². The zero-order chi connectivity index (χ0) is 13.0. The molecule has 94 valence electrons. The van der Waals surface area contributed by atoms with Gasteiger partial charge in [0.15, 0.2) is 0 Å². The number of nitrogens with two attached hydrogens (primary N) is 1. The van der Waals surface area contributed by atoms with E-state index in [-0.39, 0.29) is 19.1 Å². The van der Waals surface area contributed by atoms with Crippen LogP contribution in [0.2, 0.25) is 0 Å². The van der Waals surface area contributed by atoms with Gasteiger partial charge in [0.05, 0.1) is 0 Å². The van der Waals surface area contributed by atoms with Crippen molar-refractivity contribution >= 4 is 27.8 Å². The molecule has 0 radical (unpaired) electrons. The number of nitrogen functional groups attached to an aromatic ring is 1. The lowest BCUT2D eigenvalue weighted by Gasteiger charge is -2.06. The van der Waals surface area contributed by atoms with Gasteiger partial charge in [-0.1, -0.05) is 34.1 Å². The molecule has 0 unspecified atom stereocenters. The molecule has 2 aromatic rings. The predicted molar refractivity (Wildman–Crippen MR) is 68.4 cm³/mol. The summed E-state index contributed by atoms with van der Waals surface area (Å²) in [6.07, 6.45) is 1.38. The fraction of sp³-hybridized carbons (Fsp3) is 0.182. The Morgan fingerprint density at radius 3 is 2.89 bits per heavy atom. The molecule has 0 saturated carbocycles. The molecule has 0 bridgehead atoms. The number of anilines is 1. The first-order chi connectivity index (χ1) is 8.65. The average molecular weight is 311 g/mol. The van der Waals surface area contributed by atoms with E-state index < -0.39 is 5.97 Å². The molecule has 6 nitrogen and oxygen atoms in total. The van der Waals surface area contributed by atoms with Crippen LogP contribution in [0.3, 0.4) is 0 Å². The summed E-state index contributed by atoms with van der Waals surface area (Å²) in [5, 5.41) is 3.80. The molecule has 0 aliphatic rings. The van der Waals surface area contributed by atoms with E-state index in [1.807, 2.05) is 24.3 Å². The van der Waals surface area contributed by atoms with Crippen molar-refractivity contribution < 1.29 is 9.53 Å². The number of hydrogen-bond acceptors (Lipinski definition) is 5. The van der Waals surface area contributed by atoms with E-state index in [1.54, 1.807) is 0 Å². The van der Waals surface area contributed by atoms with Crippen molar-refractivity contribution in [3.63, 3.8) is 0 Å². The highest BCUT2D eigenvalue weighted by Gasteiger charge is 2.07. The van der Waals surface area contributed by atoms with Crippen LogP contribution in [0.5, 0.6) is 0 Å². The first kappa shape index (κ1) is 12.6. The minimum absolute atomic E-state index is 0.00530. The SMILES string of the molecule is Nc1ncn(CC(=O)OCc2ccccc2Br)n1. The standard InChI is InChI=1S/C11H11BrN4O2/c12-9-4-2-1-3-8(9)6-18-10(17)5-16-7-14-11(13)15-16/h1-4,7H,5-6H2,(H2,13,15). The first-order valence-corrected chi connectivity index (χ1v) is 5.98. The number of carbonyl (C=O) groups excluding carboxylic acids is 1. The highest BCUT2D eigenvalue weighted by molar-refractivity contribution is 9.10. The normalized spacial score (nSPS) is 10.3. The van der Waals surface area contributed by atoms with Crippen molar-refractivity contribution in [3.05, 3.63) is 40.6 Å². The molecule has 2 N–H and O–H groups in total. The predicted octanol–water partition coefficient (Wildman–Crippen LogP) is 1.37. The van der Waals surface area contributed by atoms with Crippen LogP contribution in [0, 0.1) is 0 Å². The second-order valence-electron chi connectivity index (χ2n) is 3.55. The number of benzene rings is 1. The van der Waals surface area contributed by atoms with Crippen molar-refractivity contribution in [1.82, 2.24) is 14.8 Å². The van der Waals surface area contributed by atoms with E-state index in [0.717, 1.165) is 10.0 Å². The number of carbonyl (C=O) groups is 1. The molecule has 1 aromatic carbocycles. The third-order valence-electron chi connectivity index (χ3n) is 2.19. The fourth-order valence-corrected chi connectivity index (χ4v) is 1.74. The summed E-state index contributed by atoms with van der Waals surface area (Å²) < 4.78 is 7.36. The molecule has 1 heterocycles. The molecule has 0 spiro atoms. The molecule has 7 heteroatoms. The average Bonchev–Trinajstić information content (AvgIpc) is 2.74. The second kappa shape index (κ2) is 5.63. The summed E-state index contributed by atoms with van der Waals surface area (Å²) in [5.74, 6) is -0.260. The third kappa shape index (κ3) is 3.30. The number of esters is 1. The maximum atomic E-state index is 11.5. The second-order valence-corrected chi connectivity index (χ2v) is 4.41. The highest BCUT2D eigenvalue weighted by atomic mass is 79.9. The largest absolute Gasteiger partial charge is 0.459 e. The molecular weight excluding hydrogens is 300 g/mol. The molecular formula is C11H11BrN4O2. The summed E-state index contributed by atoms with van der Waals surface area (Å²) in [6.45, 7) is 0.207. The van der Waals surface area contributed by atoms with Crippen LogP contribution in [-0.2, 0) is 22.7 Å². The number of nitrogens with zero attached hydrogens (tertiary/aromatic N) is 3. The molecule has 18 heavy (non-hydrogen) atoms. The lowest BCUT2D eigenvalue weighted by atomic mass is 10.2. The molecule has 0 aliphatic heterocycles. The van der Waals surface area contributed by atoms with E-state index in [4.69, 9.17) is 10.5 Å². The minimum atomic E-state index is -0.393. The van der Waals surface area contributed by atoms with Crippen LogP contribution in [0.4, 0.5) is 5.95 Å². The van der Waals surface area contributed by atoms with E-state index >= 15 is 0 Å².